The highest BCUT2D eigenvalue weighted by atomic mass is 32.2. The lowest BCUT2D eigenvalue weighted by molar-refractivity contribution is -0.125. The van der Waals surface area contributed by atoms with Crippen LogP contribution in [0.15, 0.2) is 29.2 Å². The number of rotatable bonds is 9. The predicted octanol–water partition coefficient (Wildman–Crippen LogP) is 1.58. The number of carbonyl (C=O) groups excluding carboxylic acids is 1. The quantitative estimate of drug-likeness (QED) is 0.537. The lowest BCUT2D eigenvalue weighted by Crippen LogP contribution is -2.51. The van der Waals surface area contributed by atoms with Crippen LogP contribution in [0, 0.1) is 5.92 Å². The van der Waals surface area contributed by atoms with E-state index in [1.165, 1.54) is 13.2 Å². The van der Waals surface area contributed by atoms with E-state index in [0.717, 1.165) is 25.7 Å². The van der Waals surface area contributed by atoms with Crippen molar-refractivity contribution >= 4 is 15.9 Å². The van der Waals surface area contributed by atoms with Crippen LogP contribution in [0.4, 0.5) is 0 Å². The monoisotopic (exact) mass is 440 g/mol. The summed E-state index contributed by atoms with van der Waals surface area (Å²) in [4.78, 5) is 12.2. The minimum atomic E-state index is -3.82. The van der Waals surface area contributed by atoms with Gasteiger partial charge in [-0.15, -0.1) is 0 Å². The summed E-state index contributed by atoms with van der Waals surface area (Å²) in [6.45, 7) is 0.236. The van der Waals surface area contributed by atoms with Gasteiger partial charge in [0, 0.05) is 12.5 Å². The van der Waals surface area contributed by atoms with E-state index in [1.807, 2.05) is 0 Å². The largest absolute Gasteiger partial charge is 0.495 e. The first-order valence-corrected chi connectivity index (χ1v) is 12.1. The van der Waals surface area contributed by atoms with Gasteiger partial charge in [0.15, 0.2) is 0 Å². The third kappa shape index (κ3) is 5.72. The standard InChI is InChI=1S/C21H32N2O6S/c1-28-18-8-4-5-9-20(18)30(26,27)23-17-11-10-16(29-19(17)14-24)12-13-22-21(25)15-6-2-3-7-15/h4-5,8-9,15-17,19,23-24H,2-3,6-7,10-14H2,1H3,(H,22,25)/t16-,17-,19-/m1/s1. The van der Waals surface area contributed by atoms with Crippen molar-refractivity contribution in [2.45, 2.75) is 68.1 Å². The number of aliphatic hydroxyl groups excluding tert-OH is 1. The Morgan fingerprint density at radius 2 is 1.93 bits per heavy atom. The smallest absolute Gasteiger partial charge is 0.244 e. The Morgan fingerprint density at radius 3 is 2.63 bits per heavy atom. The molecule has 1 amide bonds. The molecule has 1 heterocycles. The fraction of sp³-hybridized carbons (Fsp3) is 0.667. The highest BCUT2D eigenvalue weighted by Gasteiger charge is 2.34. The Bertz CT molecular complexity index is 809. The number of carbonyl (C=O) groups is 1. The van der Waals surface area contributed by atoms with Gasteiger partial charge < -0.3 is 19.9 Å². The maximum Gasteiger partial charge on any atom is 0.244 e. The van der Waals surface area contributed by atoms with Gasteiger partial charge in [0.05, 0.1) is 32.0 Å². The molecule has 8 nitrogen and oxygen atoms in total. The Morgan fingerprint density at radius 1 is 1.20 bits per heavy atom. The number of aliphatic hydroxyl groups is 1. The van der Waals surface area contributed by atoms with E-state index >= 15 is 0 Å². The van der Waals surface area contributed by atoms with Gasteiger partial charge in [0.25, 0.3) is 0 Å². The molecule has 1 saturated heterocycles. The van der Waals surface area contributed by atoms with E-state index < -0.39 is 22.2 Å². The molecule has 3 atom stereocenters. The number of benzene rings is 1. The number of nitrogens with one attached hydrogen (secondary N) is 2. The van der Waals surface area contributed by atoms with Gasteiger partial charge in [0.1, 0.15) is 10.6 Å². The van der Waals surface area contributed by atoms with Crippen molar-refractivity contribution in [1.29, 1.82) is 0 Å². The third-order valence-electron chi connectivity index (χ3n) is 5.95. The first-order chi connectivity index (χ1) is 14.4. The molecule has 1 aliphatic carbocycles. The number of hydrogen-bond donors (Lipinski definition) is 3. The number of ether oxygens (including phenoxy) is 2. The summed E-state index contributed by atoms with van der Waals surface area (Å²) in [5.41, 5.74) is 0. The summed E-state index contributed by atoms with van der Waals surface area (Å²) >= 11 is 0. The molecule has 9 heteroatoms. The molecule has 2 aliphatic rings. The van der Waals surface area contributed by atoms with Crippen LogP contribution in [0.1, 0.15) is 44.9 Å². The second kappa shape index (κ2) is 10.6. The van der Waals surface area contributed by atoms with Crippen LogP contribution in [-0.2, 0) is 19.6 Å². The van der Waals surface area contributed by atoms with Crippen LogP contribution in [-0.4, -0.2) is 57.9 Å². The molecule has 1 aliphatic heterocycles. The topological polar surface area (TPSA) is 114 Å². The van der Waals surface area contributed by atoms with Gasteiger partial charge in [-0.25, -0.2) is 13.1 Å². The highest BCUT2D eigenvalue weighted by Crippen LogP contribution is 2.27. The molecule has 0 unspecified atom stereocenters. The second-order valence-corrected chi connectivity index (χ2v) is 9.68. The molecule has 1 saturated carbocycles. The maximum absolute atomic E-state index is 12.8. The lowest BCUT2D eigenvalue weighted by Gasteiger charge is -2.36. The summed E-state index contributed by atoms with van der Waals surface area (Å²) in [6.07, 6.45) is 5.23. The van der Waals surface area contributed by atoms with Crippen molar-refractivity contribution in [2.75, 3.05) is 20.3 Å². The zero-order valence-corrected chi connectivity index (χ0v) is 18.2. The van der Waals surface area contributed by atoms with Crippen molar-refractivity contribution < 1.29 is 27.8 Å². The van der Waals surface area contributed by atoms with Crippen LogP contribution in [0.25, 0.3) is 0 Å². The van der Waals surface area contributed by atoms with Crippen LogP contribution < -0.4 is 14.8 Å². The summed E-state index contributed by atoms with van der Waals surface area (Å²) in [5.74, 6) is 0.513. The molecule has 0 aromatic heterocycles. The second-order valence-electron chi connectivity index (χ2n) is 8.00. The van der Waals surface area contributed by atoms with Crippen molar-refractivity contribution in [1.82, 2.24) is 10.0 Å². The van der Waals surface area contributed by atoms with Gasteiger partial charge in [-0.3, -0.25) is 4.79 Å². The van der Waals surface area contributed by atoms with Crippen LogP contribution >= 0.6 is 0 Å². The molecule has 3 N–H and O–H groups in total. The van der Waals surface area contributed by atoms with Gasteiger partial charge in [-0.1, -0.05) is 25.0 Å². The molecule has 0 bridgehead atoms. The average molecular weight is 441 g/mol. The third-order valence-corrected chi connectivity index (χ3v) is 7.48. The van der Waals surface area contributed by atoms with Gasteiger partial charge in [-0.05, 0) is 44.2 Å². The van der Waals surface area contributed by atoms with Gasteiger partial charge in [0.2, 0.25) is 15.9 Å². The van der Waals surface area contributed by atoms with E-state index in [-0.39, 0.29) is 35.2 Å². The number of methoxy groups -OCH3 is 1. The van der Waals surface area contributed by atoms with E-state index in [0.29, 0.717) is 25.8 Å². The van der Waals surface area contributed by atoms with Crippen LogP contribution in [0.5, 0.6) is 5.75 Å². The summed E-state index contributed by atoms with van der Waals surface area (Å²) in [6, 6.07) is 5.87. The fourth-order valence-corrected chi connectivity index (χ4v) is 5.74. The Labute approximate surface area is 178 Å². The summed E-state index contributed by atoms with van der Waals surface area (Å²) < 4.78 is 39.4. The predicted molar refractivity (Wildman–Crippen MR) is 112 cm³/mol. The Kier molecular flexibility index (Phi) is 8.10. The number of para-hydroxylation sites is 1. The zero-order chi connectivity index (χ0) is 21.6. The van der Waals surface area contributed by atoms with E-state index in [4.69, 9.17) is 9.47 Å². The maximum atomic E-state index is 12.8. The number of hydrogen-bond acceptors (Lipinski definition) is 6. The minimum Gasteiger partial charge on any atom is -0.495 e. The first kappa shape index (κ1) is 23.0. The molecular weight excluding hydrogens is 408 g/mol. The molecule has 2 fully saturated rings. The summed E-state index contributed by atoms with van der Waals surface area (Å²) in [7, 11) is -2.40. The van der Waals surface area contributed by atoms with Crippen LogP contribution in [0.2, 0.25) is 0 Å². The first-order valence-electron chi connectivity index (χ1n) is 10.6. The highest BCUT2D eigenvalue weighted by molar-refractivity contribution is 7.89. The fourth-order valence-electron chi connectivity index (χ4n) is 4.27. The molecule has 1 aromatic rings. The Hall–Kier alpha value is -1.68. The molecule has 0 radical (unpaired) electrons. The van der Waals surface area contributed by atoms with E-state index in [2.05, 4.69) is 10.0 Å². The van der Waals surface area contributed by atoms with Crippen molar-refractivity contribution in [3.8, 4) is 5.75 Å². The minimum absolute atomic E-state index is 0.0564. The van der Waals surface area contributed by atoms with Crippen molar-refractivity contribution in [3.63, 3.8) is 0 Å². The summed E-state index contributed by atoms with van der Waals surface area (Å²) in [5, 5.41) is 12.7. The number of amides is 1. The molecule has 168 valence electrons. The molecule has 1 aromatic carbocycles. The van der Waals surface area contributed by atoms with Crippen molar-refractivity contribution in [2.24, 2.45) is 5.92 Å². The van der Waals surface area contributed by atoms with E-state index in [1.54, 1.807) is 18.2 Å². The van der Waals surface area contributed by atoms with Gasteiger partial charge in [-0.2, -0.15) is 0 Å². The molecule has 3 rings (SSSR count). The van der Waals surface area contributed by atoms with E-state index in [9.17, 15) is 18.3 Å². The van der Waals surface area contributed by atoms with Gasteiger partial charge >= 0.3 is 0 Å². The van der Waals surface area contributed by atoms with Crippen LogP contribution in [0.3, 0.4) is 0 Å². The molecular formula is C21H32N2O6S. The normalized spacial score (nSPS) is 25.2. The van der Waals surface area contributed by atoms with Crippen molar-refractivity contribution in [3.05, 3.63) is 24.3 Å². The molecule has 0 spiro atoms. The average Bonchev–Trinajstić information content (AvgIpc) is 3.29. The lowest BCUT2D eigenvalue weighted by atomic mass is 9.98. The zero-order valence-electron chi connectivity index (χ0n) is 17.4. The Balaban J connectivity index is 1.52. The number of sulfonamides is 1. The SMILES string of the molecule is COc1ccccc1S(=O)(=O)N[C@@H]1CC[C@H](CCNC(=O)C2CCCC2)O[C@@H]1CO. The molecule has 30 heavy (non-hydrogen) atoms.